The Morgan fingerprint density at radius 2 is 1.81 bits per heavy atom. The monoisotopic (exact) mass is 510 g/mol. The predicted octanol–water partition coefficient (Wildman–Crippen LogP) is 5.64. The van der Waals surface area contributed by atoms with Crippen LogP contribution in [0.15, 0.2) is 30.6 Å². The number of aryl methyl sites for hydroxylation is 1. The molecule has 0 radical (unpaired) electrons. The van der Waals surface area contributed by atoms with Gasteiger partial charge in [-0.3, -0.25) is 14.5 Å². The Kier molecular flexibility index (Phi) is 6.70. The molecule has 1 aliphatic heterocycles. The normalized spacial score (nSPS) is 20.2. The third kappa shape index (κ3) is 5.37. The molecule has 36 heavy (non-hydrogen) atoms. The molecule has 9 nitrogen and oxygen atoms in total. The highest BCUT2D eigenvalue weighted by Gasteiger charge is 2.32. The Bertz CT molecular complexity index is 1260. The second-order valence-corrected chi connectivity index (χ2v) is 11.0. The van der Waals surface area contributed by atoms with Crippen LogP contribution in [0.25, 0.3) is 5.69 Å². The molecule has 0 unspecified atom stereocenters. The van der Waals surface area contributed by atoms with Crippen LogP contribution >= 0.6 is 11.6 Å². The summed E-state index contributed by atoms with van der Waals surface area (Å²) in [4.78, 5) is 27.0. The summed E-state index contributed by atoms with van der Waals surface area (Å²) in [5, 5.41) is 11.3. The highest BCUT2D eigenvalue weighted by atomic mass is 35.5. The summed E-state index contributed by atoms with van der Waals surface area (Å²) in [7, 11) is 0. The minimum atomic E-state index is -0.753. The van der Waals surface area contributed by atoms with Crippen LogP contribution in [0.3, 0.4) is 0 Å². The zero-order chi connectivity index (χ0) is 25.4. The van der Waals surface area contributed by atoms with Gasteiger partial charge in [0.1, 0.15) is 11.4 Å². The van der Waals surface area contributed by atoms with Crippen LogP contribution in [-0.4, -0.2) is 41.6 Å². The number of benzene rings is 1. The highest BCUT2D eigenvalue weighted by molar-refractivity contribution is 6.30. The first-order chi connectivity index (χ1) is 17.2. The van der Waals surface area contributed by atoms with Gasteiger partial charge in [0, 0.05) is 29.3 Å². The van der Waals surface area contributed by atoms with Crippen LogP contribution in [0.5, 0.6) is 0 Å². The maximum atomic E-state index is 12.4. The fourth-order valence-electron chi connectivity index (χ4n) is 5.03. The Morgan fingerprint density at radius 1 is 1.06 bits per heavy atom. The summed E-state index contributed by atoms with van der Waals surface area (Å²) in [5.74, 6) is 2.31. The maximum Gasteiger partial charge on any atom is 0.528 e. The van der Waals surface area contributed by atoms with Gasteiger partial charge in [0.25, 0.3) is 0 Å². The van der Waals surface area contributed by atoms with E-state index in [4.69, 9.17) is 26.2 Å². The molecule has 1 aliphatic carbocycles. The molecular weight excluding hydrogens is 480 g/mol. The molecule has 0 bridgehead atoms. The molecule has 0 saturated heterocycles. The quantitative estimate of drug-likeness (QED) is 0.417. The highest BCUT2D eigenvalue weighted by Crippen LogP contribution is 2.41. The van der Waals surface area contributed by atoms with Crippen molar-refractivity contribution in [3.8, 4) is 5.69 Å². The van der Waals surface area contributed by atoms with Crippen LogP contribution in [0.2, 0.25) is 5.02 Å². The van der Waals surface area contributed by atoms with Gasteiger partial charge in [0.15, 0.2) is 5.82 Å². The van der Waals surface area contributed by atoms with Crippen LogP contribution < -0.4 is 0 Å². The first kappa shape index (κ1) is 24.6. The largest absolute Gasteiger partial charge is 0.528 e. The number of aromatic nitrogens is 5. The molecule has 1 aromatic carbocycles. The Morgan fingerprint density at radius 3 is 2.53 bits per heavy atom. The van der Waals surface area contributed by atoms with Crippen molar-refractivity contribution in [1.29, 1.82) is 0 Å². The summed E-state index contributed by atoms with van der Waals surface area (Å²) < 4.78 is 7.47. The number of hydrogen-bond donors (Lipinski definition) is 0. The lowest BCUT2D eigenvalue weighted by Gasteiger charge is -2.28. The lowest BCUT2D eigenvalue weighted by atomic mass is 9.80. The zero-order valence-corrected chi connectivity index (χ0v) is 21.8. The molecule has 0 atom stereocenters. The molecule has 10 heteroatoms. The van der Waals surface area contributed by atoms with Gasteiger partial charge in [-0.05, 0) is 77.1 Å². The minimum absolute atomic E-state index is 0.266. The van der Waals surface area contributed by atoms with Crippen molar-refractivity contribution in [3.63, 3.8) is 0 Å². The van der Waals surface area contributed by atoms with E-state index in [0.717, 1.165) is 54.1 Å². The van der Waals surface area contributed by atoms with Gasteiger partial charge in [-0.2, -0.15) is 0 Å². The number of carbonyl (C=O) groups is 1. The average Bonchev–Trinajstić information content (AvgIpc) is 3.14. The summed E-state index contributed by atoms with van der Waals surface area (Å²) in [6.45, 7) is 8.02. The van der Waals surface area contributed by atoms with E-state index >= 15 is 0 Å². The maximum absolute atomic E-state index is 12.4. The molecule has 3 aromatic rings. The number of fused-ring (bicyclic) bond motifs is 3. The molecule has 2 aliphatic rings. The summed E-state index contributed by atoms with van der Waals surface area (Å²) >= 11 is 6.34. The number of hydrogen-bond acceptors (Lipinski definition) is 8. The Balaban J connectivity index is 1.40. The van der Waals surface area contributed by atoms with E-state index in [2.05, 4.69) is 19.7 Å². The van der Waals surface area contributed by atoms with Gasteiger partial charge < -0.3 is 9.57 Å². The summed E-state index contributed by atoms with van der Waals surface area (Å²) in [6.07, 6.45) is 6.94. The van der Waals surface area contributed by atoms with E-state index < -0.39 is 11.8 Å². The third-order valence-electron chi connectivity index (χ3n) is 6.58. The van der Waals surface area contributed by atoms with E-state index in [1.54, 1.807) is 32.0 Å². The number of nitrogens with zero attached hydrogens (tertiary/aromatic N) is 6. The lowest BCUT2D eigenvalue weighted by Crippen LogP contribution is -2.31. The van der Waals surface area contributed by atoms with E-state index in [1.807, 2.05) is 31.3 Å². The predicted molar refractivity (Wildman–Crippen MR) is 134 cm³/mol. The SMILES string of the molecule is Cc1cncc([C@H]2CC[C@H](c3nnc4n3-c3ccc(Cl)cc3CN(OC(=O)OC(C)(C)C)C4)CC2)n1. The molecule has 0 amide bonds. The van der Waals surface area contributed by atoms with Gasteiger partial charge in [0.05, 0.1) is 30.2 Å². The molecule has 1 saturated carbocycles. The third-order valence-corrected chi connectivity index (χ3v) is 6.81. The van der Waals surface area contributed by atoms with Crippen molar-refractivity contribution in [2.24, 2.45) is 0 Å². The smallest absolute Gasteiger partial charge is 0.427 e. The number of ether oxygens (including phenoxy) is 1. The molecule has 2 aromatic heterocycles. The van der Waals surface area contributed by atoms with E-state index in [9.17, 15) is 4.79 Å². The number of halogens is 1. The van der Waals surface area contributed by atoms with Gasteiger partial charge in [-0.25, -0.2) is 4.79 Å². The molecule has 3 heterocycles. The second-order valence-electron chi connectivity index (χ2n) is 10.6. The van der Waals surface area contributed by atoms with Gasteiger partial charge in [-0.1, -0.05) is 11.6 Å². The second kappa shape index (κ2) is 9.78. The van der Waals surface area contributed by atoms with Crippen molar-refractivity contribution in [1.82, 2.24) is 29.8 Å². The molecule has 5 rings (SSSR count). The van der Waals surface area contributed by atoms with Crippen molar-refractivity contribution in [3.05, 3.63) is 64.2 Å². The average molecular weight is 511 g/mol. The number of rotatable bonds is 3. The standard InChI is InChI=1S/C26H31ClN6O3/c1-16-12-28-13-21(29-16)17-5-7-18(8-6-17)24-31-30-23-15-32(36-25(34)35-26(2,3)4)14-19-11-20(27)9-10-22(19)33(23)24/h9-13,17-18H,5-8,14-15H2,1-4H3/t17-,18-. The summed E-state index contributed by atoms with van der Waals surface area (Å²) in [6, 6.07) is 5.75. The van der Waals surface area contributed by atoms with Crippen LogP contribution in [0.4, 0.5) is 4.79 Å². The fourth-order valence-corrected chi connectivity index (χ4v) is 5.22. The fraction of sp³-hybridized carbons (Fsp3) is 0.500. The van der Waals surface area contributed by atoms with Gasteiger partial charge in [-0.15, -0.1) is 15.3 Å². The lowest BCUT2D eigenvalue weighted by molar-refractivity contribution is -0.155. The van der Waals surface area contributed by atoms with Crippen LogP contribution in [0, 0.1) is 6.92 Å². The first-order valence-corrected chi connectivity index (χ1v) is 12.7. The van der Waals surface area contributed by atoms with E-state index in [0.29, 0.717) is 23.3 Å². The molecular formula is C26H31ClN6O3. The first-order valence-electron chi connectivity index (χ1n) is 12.3. The van der Waals surface area contributed by atoms with Crippen LogP contribution in [-0.2, 0) is 22.7 Å². The molecule has 190 valence electrons. The van der Waals surface area contributed by atoms with Gasteiger partial charge >= 0.3 is 6.16 Å². The van der Waals surface area contributed by atoms with Crippen molar-refractivity contribution >= 4 is 17.8 Å². The summed E-state index contributed by atoms with van der Waals surface area (Å²) in [5.41, 5.74) is 3.25. The van der Waals surface area contributed by atoms with Crippen molar-refractivity contribution in [2.45, 2.75) is 83.9 Å². The number of hydroxylamine groups is 2. The van der Waals surface area contributed by atoms with Crippen molar-refractivity contribution in [2.75, 3.05) is 0 Å². The molecule has 0 N–H and O–H groups in total. The Labute approximate surface area is 215 Å². The van der Waals surface area contributed by atoms with Gasteiger partial charge in [0.2, 0.25) is 0 Å². The van der Waals surface area contributed by atoms with E-state index in [-0.39, 0.29) is 12.5 Å². The van der Waals surface area contributed by atoms with Crippen molar-refractivity contribution < 1.29 is 14.4 Å². The van der Waals surface area contributed by atoms with Crippen LogP contribution in [0.1, 0.15) is 86.9 Å². The topological polar surface area (TPSA) is 95.3 Å². The zero-order valence-electron chi connectivity index (χ0n) is 21.1. The minimum Gasteiger partial charge on any atom is -0.427 e. The molecule has 0 spiro atoms. The van der Waals surface area contributed by atoms with E-state index in [1.165, 1.54) is 0 Å². The molecule has 1 fully saturated rings. The Hall–Kier alpha value is -3.04. The number of carbonyl (C=O) groups excluding carboxylic acids is 1.